The summed E-state index contributed by atoms with van der Waals surface area (Å²) in [4.78, 5) is 13.9. The van der Waals surface area contributed by atoms with Crippen LogP contribution in [0.5, 0.6) is 0 Å². The third-order valence-electron chi connectivity index (χ3n) is 5.03. The van der Waals surface area contributed by atoms with Crippen LogP contribution in [0.4, 0.5) is 0 Å². The predicted molar refractivity (Wildman–Crippen MR) is 134 cm³/mol. The molecule has 34 heavy (non-hydrogen) atoms. The van der Waals surface area contributed by atoms with Gasteiger partial charge in [0.25, 0.3) is 5.91 Å². The van der Waals surface area contributed by atoms with Gasteiger partial charge < -0.3 is 9.73 Å². The SMILES string of the molecule is CCCSc1ccc(-c2nn(-c3ccccc3)cc2C=C(C#N)C(=O)NCc2ccco2)cc1. The van der Waals surface area contributed by atoms with Crippen LogP contribution in [0.3, 0.4) is 0 Å². The lowest BCUT2D eigenvalue weighted by atomic mass is 10.1. The normalized spacial score (nSPS) is 11.2. The van der Waals surface area contributed by atoms with Gasteiger partial charge in [0.15, 0.2) is 0 Å². The second kappa shape index (κ2) is 11.2. The number of rotatable bonds is 9. The molecule has 170 valence electrons. The van der Waals surface area contributed by atoms with Crippen LogP contribution in [-0.4, -0.2) is 21.4 Å². The van der Waals surface area contributed by atoms with Crippen molar-refractivity contribution in [3.05, 3.63) is 96.1 Å². The van der Waals surface area contributed by atoms with E-state index in [-0.39, 0.29) is 12.1 Å². The summed E-state index contributed by atoms with van der Waals surface area (Å²) in [5, 5.41) is 17.2. The first-order chi connectivity index (χ1) is 16.7. The molecule has 2 heterocycles. The van der Waals surface area contributed by atoms with Gasteiger partial charge in [-0.3, -0.25) is 4.79 Å². The summed E-state index contributed by atoms with van der Waals surface area (Å²) < 4.78 is 7.01. The molecule has 0 aliphatic rings. The molecule has 0 radical (unpaired) electrons. The molecule has 1 amide bonds. The van der Waals surface area contributed by atoms with Gasteiger partial charge in [0, 0.05) is 22.2 Å². The molecular formula is C27H24N4O2S. The third kappa shape index (κ3) is 5.66. The second-order valence-corrected chi connectivity index (χ2v) is 8.69. The zero-order valence-corrected chi connectivity index (χ0v) is 19.6. The van der Waals surface area contributed by atoms with E-state index in [4.69, 9.17) is 9.52 Å². The van der Waals surface area contributed by atoms with Crippen LogP contribution in [0.1, 0.15) is 24.7 Å². The number of thioether (sulfide) groups is 1. The van der Waals surface area contributed by atoms with Crippen molar-refractivity contribution >= 4 is 23.7 Å². The molecule has 0 spiro atoms. The summed E-state index contributed by atoms with van der Waals surface area (Å²) in [6, 6.07) is 23.5. The summed E-state index contributed by atoms with van der Waals surface area (Å²) in [5.74, 6) is 1.21. The smallest absolute Gasteiger partial charge is 0.262 e. The van der Waals surface area contributed by atoms with Gasteiger partial charge in [-0.1, -0.05) is 37.3 Å². The van der Waals surface area contributed by atoms with Crippen molar-refractivity contribution in [3.63, 3.8) is 0 Å². The lowest BCUT2D eigenvalue weighted by Crippen LogP contribution is -2.23. The highest BCUT2D eigenvalue weighted by molar-refractivity contribution is 7.99. The van der Waals surface area contributed by atoms with E-state index in [2.05, 4.69) is 24.4 Å². The Morgan fingerprint density at radius 2 is 1.94 bits per heavy atom. The summed E-state index contributed by atoms with van der Waals surface area (Å²) in [5.41, 5.74) is 3.18. The predicted octanol–water partition coefficient (Wildman–Crippen LogP) is 5.86. The zero-order valence-electron chi connectivity index (χ0n) is 18.8. The molecule has 0 aliphatic heterocycles. The Labute approximate surface area is 202 Å². The number of para-hydroxylation sites is 1. The van der Waals surface area contributed by atoms with E-state index in [1.54, 1.807) is 29.2 Å². The lowest BCUT2D eigenvalue weighted by molar-refractivity contribution is -0.117. The molecular weight excluding hydrogens is 444 g/mol. The average Bonchev–Trinajstić information content (AvgIpc) is 3.56. The molecule has 0 atom stereocenters. The Balaban J connectivity index is 1.67. The molecule has 2 aromatic heterocycles. The summed E-state index contributed by atoms with van der Waals surface area (Å²) in [7, 11) is 0. The van der Waals surface area contributed by atoms with Crippen molar-refractivity contribution in [3.8, 4) is 23.0 Å². The molecule has 4 rings (SSSR count). The van der Waals surface area contributed by atoms with Crippen LogP contribution in [0.15, 0.2) is 94.1 Å². The van der Waals surface area contributed by atoms with Crippen molar-refractivity contribution in [1.82, 2.24) is 15.1 Å². The van der Waals surface area contributed by atoms with Crippen molar-refractivity contribution in [2.45, 2.75) is 24.8 Å². The Kier molecular flexibility index (Phi) is 7.63. The van der Waals surface area contributed by atoms with Crippen LogP contribution in [0.25, 0.3) is 23.0 Å². The monoisotopic (exact) mass is 468 g/mol. The van der Waals surface area contributed by atoms with Crippen molar-refractivity contribution in [2.24, 2.45) is 0 Å². The molecule has 2 aromatic carbocycles. The maximum Gasteiger partial charge on any atom is 0.262 e. The Hall–Kier alpha value is -4.02. The van der Waals surface area contributed by atoms with Crippen LogP contribution < -0.4 is 5.32 Å². The Bertz CT molecular complexity index is 1300. The van der Waals surface area contributed by atoms with E-state index in [1.165, 1.54) is 4.90 Å². The van der Waals surface area contributed by atoms with E-state index in [9.17, 15) is 10.1 Å². The standard InChI is InChI=1S/C27H24N4O2S/c1-2-15-34-25-12-10-20(11-13-25)26-22(19-31(30-26)23-7-4-3-5-8-23)16-21(17-28)27(32)29-18-24-9-6-14-33-24/h3-14,16,19H,2,15,18H2,1H3,(H,29,32). The fraction of sp³-hybridized carbons (Fsp3) is 0.148. The number of nitriles is 1. The first-order valence-corrected chi connectivity index (χ1v) is 12.0. The van der Waals surface area contributed by atoms with Gasteiger partial charge in [0.05, 0.1) is 24.2 Å². The van der Waals surface area contributed by atoms with E-state index < -0.39 is 5.91 Å². The molecule has 0 bridgehead atoms. The van der Waals surface area contributed by atoms with Crippen molar-refractivity contribution in [1.29, 1.82) is 5.26 Å². The third-order valence-corrected chi connectivity index (χ3v) is 6.25. The minimum atomic E-state index is -0.469. The van der Waals surface area contributed by atoms with E-state index in [0.717, 1.165) is 23.4 Å². The molecule has 0 unspecified atom stereocenters. The highest BCUT2D eigenvalue weighted by atomic mass is 32.2. The number of carbonyl (C=O) groups is 1. The van der Waals surface area contributed by atoms with Crippen LogP contribution >= 0.6 is 11.8 Å². The van der Waals surface area contributed by atoms with Crippen LogP contribution in [-0.2, 0) is 11.3 Å². The number of amides is 1. The molecule has 7 heteroatoms. The van der Waals surface area contributed by atoms with Crippen LogP contribution in [0, 0.1) is 11.3 Å². The highest BCUT2D eigenvalue weighted by Crippen LogP contribution is 2.28. The number of nitrogens with one attached hydrogen (secondary N) is 1. The minimum Gasteiger partial charge on any atom is -0.467 e. The number of hydrogen-bond donors (Lipinski definition) is 1. The molecule has 0 saturated heterocycles. The topological polar surface area (TPSA) is 83.8 Å². The average molecular weight is 469 g/mol. The summed E-state index contributed by atoms with van der Waals surface area (Å²) in [6.07, 6.45) is 6.07. The molecule has 1 N–H and O–H groups in total. The second-order valence-electron chi connectivity index (χ2n) is 7.52. The van der Waals surface area contributed by atoms with Crippen LogP contribution in [0.2, 0.25) is 0 Å². The quantitative estimate of drug-likeness (QED) is 0.189. The molecule has 0 saturated carbocycles. The van der Waals surface area contributed by atoms with Crippen molar-refractivity contribution in [2.75, 3.05) is 5.75 Å². The maximum atomic E-state index is 12.7. The first kappa shape index (κ1) is 23.1. The van der Waals surface area contributed by atoms with Gasteiger partial charge in [-0.2, -0.15) is 10.4 Å². The number of nitrogens with zero attached hydrogens (tertiary/aromatic N) is 3. The number of aromatic nitrogens is 2. The highest BCUT2D eigenvalue weighted by Gasteiger charge is 2.15. The molecule has 4 aromatic rings. The minimum absolute atomic E-state index is 0.00413. The van der Waals surface area contributed by atoms with E-state index >= 15 is 0 Å². The number of carbonyl (C=O) groups excluding carboxylic acids is 1. The fourth-order valence-corrected chi connectivity index (χ4v) is 4.11. The van der Waals surface area contributed by atoms with E-state index in [0.29, 0.717) is 17.0 Å². The summed E-state index contributed by atoms with van der Waals surface area (Å²) in [6.45, 7) is 2.37. The largest absolute Gasteiger partial charge is 0.467 e. The van der Waals surface area contributed by atoms with Gasteiger partial charge >= 0.3 is 0 Å². The van der Waals surface area contributed by atoms with Gasteiger partial charge in [-0.25, -0.2) is 4.68 Å². The van der Waals surface area contributed by atoms with Crippen molar-refractivity contribution < 1.29 is 9.21 Å². The number of hydrogen-bond acceptors (Lipinski definition) is 5. The van der Waals surface area contributed by atoms with E-state index in [1.807, 2.05) is 66.5 Å². The molecule has 6 nitrogen and oxygen atoms in total. The number of benzene rings is 2. The Morgan fingerprint density at radius 3 is 2.62 bits per heavy atom. The maximum absolute atomic E-state index is 12.7. The molecule has 0 aliphatic carbocycles. The zero-order chi connectivity index (χ0) is 23.8. The van der Waals surface area contributed by atoms with Gasteiger partial charge in [-0.05, 0) is 54.6 Å². The number of furan rings is 1. The van der Waals surface area contributed by atoms with Gasteiger partial charge in [0.1, 0.15) is 17.4 Å². The lowest BCUT2D eigenvalue weighted by Gasteiger charge is -2.04. The Morgan fingerprint density at radius 1 is 1.15 bits per heavy atom. The summed E-state index contributed by atoms with van der Waals surface area (Å²) >= 11 is 1.81. The van der Waals surface area contributed by atoms with Gasteiger partial charge in [0.2, 0.25) is 0 Å². The molecule has 0 fully saturated rings. The first-order valence-electron chi connectivity index (χ1n) is 11.0. The van der Waals surface area contributed by atoms with Gasteiger partial charge in [-0.15, -0.1) is 11.8 Å². The fourth-order valence-electron chi connectivity index (χ4n) is 3.34.